The van der Waals surface area contributed by atoms with Crippen LogP contribution in [0, 0.1) is 0 Å². The first-order valence-electron chi connectivity index (χ1n) is 13.6. The number of aromatic nitrogens is 4. The number of nitrogens with zero attached hydrogens (tertiary/aromatic N) is 4. The summed E-state index contributed by atoms with van der Waals surface area (Å²) in [6.07, 6.45) is 2.68. The summed E-state index contributed by atoms with van der Waals surface area (Å²) in [5.74, 6) is 1.62. The molecule has 1 aliphatic carbocycles. The number of nitrogens with one attached hydrogen (secondary N) is 2. The number of hydrogen-bond donors (Lipinski definition) is 2. The van der Waals surface area contributed by atoms with Crippen LogP contribution in [-0.4, -0.2) is 91.7 Å². The van der Waals surface area contributed by atoms with Crippen LogP contribution in [0.15, 0.2) is 48.8 Å². The molecule has 42 heavy (non-hydrogen) atoms. The van der Waals surface area contributed by atoms with E-state index in [0.717, 1.165) is 11.1 Å². The first-order valence-corrected chi connectivity index (χ1v) is 15.4. The fraction of sp³-hybridized carbons (Fsp3) is 0.393. The Labute approximate surface area is 243 Å². The molecule has 0 bridgehead atoms. The first kappa shape index (κ1) is 28.2. The number of likely N-dealkylation sites (N-methyl/N-ethyl adjacent to an activating group) is 1. The van der Waals surface area contributed by atoms with Gasteiger partial charge in [-0.3, -0.25) is 0 Å². The topological polar surface area (TPSA) is 150 Å². The highest BCUT2D eigenvalue weighted by Crippen LogP contribution is 2.39. The van der Waals surface area contributed by atoms with Crippen molar-refractivity contribution in [3.63, 3.8) is 0 Å². The summed E-state index contributed by atoms with van der Waals surface area (Å²) in [7, 11) is -1.94. The summed E-state index contributed by atoms with van der Waals surface area (Å²) < 4.78 is 55.7. The number of aromatic amines is 1. The molecule has 2 aromatic carbocycles. The van der Waals surface area contributed by atoms with Gasteiger partial charge in [-0.25, -0.2) is 13.4 Å². The van der Waals surface area contributed by atoms with Gasteiger partial charge in [0, 0.05) is 25.2 Å². The van der Waals surface area contributed by atoms with E-state index in [0.29, 0.717) is 74.4 Å². The van der Waals surface area contributed by atoms with Gasteiger partial charge < -0.3 is 34.0 Å². The second-order valence-electron chi connectivity index (χ2n) is 9.94. The molecule has 2 N–H and O–H groups in total. The fourth-order valence-electron chi connectivity index (χ4n) is 5.06. The quantitative estimate of drug-likeness (QED) is 0.338. The lowest BCUT2D eigenvalue weighted by Crippen LogP contribution is -2.38. The van der Waals surface area contributed by atoms with Crippen molar-refractivity contribution in [1.82, 2.24) is 24.2 Å². The molecule has 6 rings (SSSR count). The van der Waals surface area contributed by atoms with Gasteiger partial charge in [0.25, 0.3) is 0 Å². The van der Waals surface area contributed by atoms with Gasteiger partial charge in [0.15, 0.2) is 22.7 Å². The molecule has 0 saturated carbocycles. The van der Waals surface area contributed by atoms with Crippen LogP contribution in [0.5, 0.6) is 17.4 Å². The zero-order valence-electron chi connectivity index (χ0n) is 23.3. The predicted molar refractivity (Wildman–Crippen MR) is 154 cm³/mol. The monoisotopic (exact) mass is 596 g/mol. The molecule has 2 atom stereocenters. The Kier molecular flexibility index (Phi) is 8.11. The minimum absolute atomic E-state index is 0.233. The lowest BCUT2D eigenvalue weighted by atomic mass is 10.1. The van der Waals surface area contributed by atoms with Crippen molar-refractivity contribution in [2.75, 3.05) is 58.3 Å². The van der Waals surface area contributed by atoms with Crippen molar-refractivity contribution in [1.29, 1.82) is 0 Å². The molecule has 0 spiro atoms. The highest BCUT2D eigenvalue weighted by Gasteiger charge is 2.40. The van der Waals surface area contributed by atoms with Crippen molar-refractivity contribution in [2.45, 2.75) is 18.6 Å². The second-order valence-corrected chi connectivity index (χ2v) is 12.0. The maximum atomic E-state index is 12.6. The molecule has 222 valence electrons. The highest BCUT2D eigenvalue weighted by molar-refractivity contribution is 7.88. The van der Waals surface area contributed by atoms with Gasteiger partial charge >= 0.3 is 0 Å². The van der Waals surface area contributed by atoms with Crippen LogP contribution in [0.1, 0.15) is 17.2 Å². The van der Waals surface area contributed by atoms with Crippen LogP contribution >= 0.6 is 0 Å². The minimum atomic E-state index is -3.51. The standard InChI is InChI=1S/C28H32N6O7S/c1-34(42(2,35)36)25-20-6-4-3-5-18(20)15-23(25)41-27-24-26(30-17-29-24)32-28(33-27)31-19-7-8-21-22(16-19)40-14-12-38-10-9-37-11-13-39-21/h3-8,16-17,23,25H,9-15H2,1-2H3,(H2,29,30,31,32,33)/t23-,25-/m1/s1. The molecule has 1 aliphatic heterocycles. The van der Waals surface area contributed by atoms with E-state index in [1.807, 2.05) is 30.3 Å². The summed E-state index contributed by atoms with van der Waals surface area (Å²) in [4.78, 5) is 16.6. The molecule has 4 aromatic rings. The molecule has 3 heterocycles. The van der Waals surface area contributed by atoms with Crippen molar-refractivity contribution >= 4 is 32.8 Å². The zero-order valence-corrected chi connectivity index (χ0v) is 24.1. The van der Waals surface area contributed by atoms with Crippen LogP contribution < -0.4 is 19.5 Å². The van der Waals surface area contributed by atoms with Crippen LogP contribution in [-0.2, 0) is 25.9 Å². The molecule has 0 saturated heterocycles. The summed E-state index contributed by atoms with van der Waals surface area (Å²) >= 11 is 0. The Morgan fingerprint density at radius 2 is 1.71 bits per heavy atom. The van der Waals surface area contributed by atoms with Crippen molar-refractivity contribution in [3.05, 3.63) is 59.9 Å². The van der Waals surface area contributed by atoms with E-state index in [4.69, 9.17) is 23.7 Å². The lowest BCUT2D eigenvalue weighted by Gasteiger charge is -2.28. The Hall–Kier alpha value is -3.98. The molecule has 13 nitrogen and oxygen atoms in total. The van der Waals surface area contributed by atoms with Gasteiger partial charge in [0.05, 0.1) is 45.1 Å². The van der Waals surface area contributed by atoms with Gasteiger partial charge in [-0.05, 0) is 23.3 Å². The maximum Gasteiger partial charge on any atom is 0.247 e. The smallest absolute Gasteiger partial charge is 0.247 e. The van der Waals surface area contributed by atoms with E-state index < -0.39 is 22.2 Å². The zero-order chi connectivity index (χ0) is 29.1. The molecule has 0 radical (unpaired) electrons. The first-order chi connectivity index (χ1) is 20.4. The van der Waals surface area contributed by atoms with Crippen LogP contribution in [0.4, 0.5) is 11.6 Å². The Morgan fingerprint density at radius 1 is 0.976 bits per heavy atom. The van der Waals surface area contributed by atoms with Gasteiger partial charge in [-0.2, -0.15) is 14.3 Å². The fourth-order valence-corrected chi connectivity index (χ4v) is 5.72. The Bertz CT molecular complexity index is 1660. The normalized spacial score (nSPS) is 19.6. The van der Waals surface area contributed by atoms with E-state index in [2.05, 4.69) is 25.3 Å². The molecular weight excluding hydrogens is 564 g/mol. The van der Waals surface area contributed by atoms with E-state index in [9.17, 15) is 8.42 Å². The van der Waals surface area contributed by atoms with E-state index in [1.54, 1.807) is 19.2 Å². The highest BCUT2D eigenvalue weighted by atomic mass is 32.2. The molecule has 2 aromatic heterocycles. The van der Waals surface area contributed by atoms with Crippen molar-refractivity contribution < 1.29 is 32.1 Å². The summed E-state index contributed by atoms with van der Waals surface area (Å²) in [5, 5.41) is 3.22. The molecular formula is C28H32N6O7S. The molecule has 0 amide bonds. The van der Waals surface area contributed by atoms with Crippen molar-refractivity contribution in [3.8, 4) is 17.4 Å². The Balaban J connectivity index is 1.27. The molecule has 0 unspecified atom stereocenters. The maximum absolute atomic E-state index is 12.6. The molecule has 0 fully saturated rings. The van der Waals surface area contributed by atoms with E-state index >= 15 is 0 Å². The number of rotatable bonds is 6. The van der Waals surface area contributed by atoms with Crippen LogP contribution in [0.2, 0.25) is 0 Å². The second kappa shape index (κ2) is 12.1. The average molecular weight is 597 g/mol. The minimum Gasteiger partial charge on any atom is -0.487 e. The number of ether oxygens (including phenoxy) is 5. The van der Waals surface area contributed by atoms with Gasteiger partial charge in [-0.1, -0.05) is 24.3 Å². The summed E-state index contributed by atoms with van der Waals surface area (Å²) in [6.45, 7) is 2.59. The lowest BCUT2D eigenvalue weighted by molar-refractivity contribution is 0.0223. The molecule has 2 aliphatic rings. The third-order valence-electron chi connectivity index (χ3n) is 7.11. The van der Waals surface area contributed by atoms with E-state index in [1.165, 1.54) is 16.9 Å². The summed E-state index contributed by atoms with van der Waals surface area (Å²) in [6, 6.07) is 12.6. The number of fused-ring (bicyclic) bond motifs is 3. The number of sulfonamides is 1. The Morgan fingerprint density at radius 3 is 2.50 bits per heavy atom. The average Bonchev–Trinajstić information content (AvgIpc) is 3.57. The van der Waals surface area contributed by atoms with Gasteiger partial charge in [0.1, 0.15) is 19.3 Å². The third-order valence-corrected chi connectivity index (χ3v) is 8.39. The number of hydrogen-bond acceptors (Lipinski definition) is 11. The van der Waals surface area contributed by atoms with Crippen LogP contribution in [0.25, 0.3) is 11.2 Å². The SMILES string of the molecule is CN([C@@H]1c2ccccc2C[C@H]1Oc1nc(Nc2ccc3c(c2)OCCOCCOCCO3)nc2[nH]cnc12)S(C)(=O)=O. The number of anilines is 2. The van der Waals surface area contributed by atoms with E-state index in [-0.39, 0.29) is 11.8 Å². The number of imidazole rings is 1. The van der Waals surface area contributed by atoms with Gasteiger partial charge in [-0.15, -0.1) is 0 Å². The van der Waals surface area contributed by atoms with Gasteiger partial charge in [0.2, 0.25) is 21.9 Å². The third kappa shape index (κ3) is 6.11. The molecule has 14 heteroatoms. The van der Waals surface area contributed by atoms with Crippen LogP contribution in [0.3, 0.4) is 0 Å². The van der Waals surface area contributed by atoms with Crippen molar-refractivity contribution in [2.24, 2.45) is 0 Å². The number of H-pyrrole nitrogens is 1. The summed E-state index contributed by atoms with van der Waals surface area (Å²) in [5.41, 5.74) is 3.49. The largest absolute Gasteiger partial charge is 0.487 e. The predicted octanol–water partition coefficient (Wildman–Crippen LogP) is 2.84. The number of benzene rings is 2.